The lowest BCUT2D eigenvalue weighted by atomic mass is 9.99. The maximum atomic E-state index is 13.9. The molecule has 12 heteroatoms. The summed E-state index contributed by atoms with van der Waals surface area (Å²) in [5.41, 5.74) is 2.53. The molecule has 0 unspecified atom stereocenters. The molecule has 0 radical (unpaired) electrons. The number of carbonyl (C=O) groups excluding carboxylic acids is 4. The van der Waals surface area contributed by atoms with E-state index in [2.05, 4.69) is 0 Å². The van der Waals surface area contributed by atoms with Crippen molar-refractivity contribution in [1.29, 1.82) is 15.8 Å². The molecule has 4 aromatic carbocycles. The van der Waals surface area contributed by atoms with E-state index in [1.165, 1.54) is 18.2 Å². The fraction of sp³-hybridized carbons (Fsp3) is 0.128. The van der Waals surface area contributed by atoms with Crippen molar-refractivity contribution in [2.75, 3.05) is 44.4 Å². The van der Waals surface area contributed by atoms with Crippen molar-refractivity contribution in [3.8, 4) is 18.2 Å². The van der Waals surface area contributed by atoms with Gasteiger partial charge in [0.25, 0.3) is 5.91 Å². The number of hydrogen-bond acceptors (Lipinski definition) is 11. The maximum absolute atomic E-state index is 13.9. The largest absolute Gasteiger partial charge is 0.461 e. The van der Waals surface area contributed by atoms with Crippen molar-refractivity contribution in [2.24, 2.45) is 0 Å². The number of nitriles is 3. The van der Waals surface area contributed by atoms with Crippen LogP contribution in [0.3, 0.4) is 0 Å². The smallest absolute Gasteiger partial charge is 0.330 e. The molecule has 292 valence electrons. The number of anilines is 1. The molecule has 12 nitrogen and oxygen atoms in total. The molecule has 59 heavy (non-hydrogen) atoms. The first-order valence-corrected chi connectivity index (χ1v) is 18.4. The zero-order chi connectivity index (χ0) is 41.8. The third kappa shape index (κ3) is 12.1. The zero-order valence-corrected chi connectivity index (χ0v) is 31.8. The van der Waals surface area contributed by atoms with Gasteiger partial charge in [-0.3, -0.25) is 4.79 Å². The molecule has 0 bridgehead atoms. The number of allylic oxidation sites excluding steroid dienone is 2. The molecule has 0 fully saturated rings. The molecular formula is C47H37N5O7. The first-order valence-electron chi connectivity index (χ1n) is 18.4. The summed E-state index contributed by atoms with van der Waals surface area (Å²) in [6.07, 6.45) is 8.76. The molecule has 1 amide bonds. The van der Waals surface area contributed by atoms with Gasteiger partial charge in [-0.15, -0.1) is 0 Å². The Kier molecular flexibility index (Phi) is 15.4. The second-order valence-corrected chi connectivity index (χ2v) is 12.5. The molecule has 1 aliphatic rings. The summed E-state index contributed by atoms with van der Waals surface area (Å²) in [5, 5.41) is 29.7. The van der Waals surface area contributed by atoms with Gasteiger partial charge in [0.2, 0.25) is 0 Å². The average Bonchev–Trinajstić information content (AvgIpc) is 3.55. The Bertz CT molecular complexity index is 2330. The first-order chi connectivity index (χ1) is 28.8. The Labute approximate surface area is 341 Å². The zero-order valence-electron chi connectivity index (χ0n) is 31.8. The molecule has 0 saturated heterocycles. The van der Waals surface area contributed by atoms with Gasteiger partial charge in [-0.05, 0) is 52.6 Å². The normalized spacial score (nSPS) is 12.3. The summed E-state index contributed by atoms with van der Waals surface area (Å²) in [5.74, 6) is -2.42. The van der Waals surface area contributed by atoms with Crippen molar-refractivity contribution in [3.05, 3.63) is 173 Å². The van der Waals surface area contributed by atoms with Crippen LogP contribution in [0.4, 0.5) is 5.69 Å². The standard InChI is InChI=1S/C47H37N5O7/c48-32-39(33-49)46-41(34-50)45(47(56)52(46)28-31-59-44(55)25-18-37-14-8-3-9-15-37)38-19-21-40(22-20-38)51(26-29-57-42(53)23-16-35-10-4-1-5-11-35)27-30-58-43(54)24-17-36-12-6-2-7-13-36/h1-25H,26-31H2/b23-16+,24-17+,25-18+. The molecule has 0 N–H and O–H groups in total. The van der Waals surface area contributed by atoms with Crippen LogP contribution in [0.15, 0.2) is 150 Å². The minimum absolute atomic E-state index is 0.00930. The molecule has 1 aliphatic heterocycles. The molecule has 1 heterocycles. The second kappa shape index (κ2) is 21.7. The van der Waals surface area contributed by atoms with Gasteiger partial charge < -0.3 is 24.0 Å². The SMILES string of the molecule is N#CC(C#N)=C1C(C#N)=C(c2ccc(N(CCOC(=O)/C=C/c3ccccc3)CCOC(=O)/C=C/c3ccccc3)cc2)C(=O)N1CCOC(=O)/C=C/c1ccccc1. The van der Waals surface area contributed by atoms with Gasteiger partial charge in [0.15, 0.2) is 5.57 Å². The minimum atomic E-state index is -0.669. The Hall–Kier alpha value is -8.27. The third-order valence-corrected chi connectivity index (χ3v) is 8.71. The van der Waals surface area contributed by atoms with Crippen molar-refractivity contribution >= 4 is 53.3 Å². The highest BCUT2D eigenvalue weighted by molar-refractivity contribution is 6.26. The number of hydrogen-bond donors (Lipinski definition) is 0. The number of carbonyl (C=O) groups is 4. The molecule has 0 atom stereocenters. The van der Waals surface area contributed by atoms with Crippen molar-refractivity contribution in [2.45, 2.75) is 0 Å². The van der Waals surface area contributed by atoms with Crippen LogP contribution in [0.2, 0.25) is 0 Å². The van der Waals surface area contributed by atoms with E-state index >= 15 is 0 Å². The van der Waals surface area contributed by atoms with E-state index in [1.54, 1.807) is 54.6 Å². The fourth-order valence-corrected chi connectivity index (χ4v) is 5.87. The highest BCUT2D eigenvalue weighted by atomic mass is 16.5. The van der Waals surface area contributed by atoms with Gasteiger partial charge >= 0.3 is 17.9 Å². The van der Waals surface area contributed by atoms with Gasteiger partial charge in [-0.1, -0.05) is 103 Å². The Morgan fingerprint density at radius 2 is 1.02 bits per heavy atom. The third-order valence-electron chi connectivity index (χ3n) is 8.71. The highest BCUT2D eigenvalue weighted by Gasteiger charge is 2.38. The predicted molar refractivity (Wildman–Crippen MR) is 220 cm³/mol. The molecule has 0 aliphatic carbocycles. The lowest BCUT2D eigenvalue weighted by molar-refractivity contribution is -0.139. The van der Waals surface area contributed by atoms with Crippen LogP contribution < -0.4 is 4.90 Å². The summed E-state index contributed by atoms with van der Waals surface area (Å²) in [6, 6.07) is 39.7. The summed E-state index contributed by atoms with van der Waals surface area (Å²) in [7, 11) is 0. The second-order valence-electron chi connectivity index (χ2n) is 12.5. The van der Waals surface area contributed by atoms with Gasteiger partial charge in [-0.25, -0.2) is 14.4 Å². The fourth-order valence-electron chi connectivity index (χ4n) is 5.87. The average molecular weight is 784 g/mol. The van der Waals surface area contributed by atoms with E-state index in [1.807, 2.05) is 102 Å². The summed E-state index contributed by atoms with van der Waals surface area (Å²) in [6.45, 7) is -0.114. The van der Waals surface area contributed by atoms with Gasteiger partial charge in [-0.2, -0.15) is 15.8 Å². The number of nitrogens with zero attached hydrogens (tertiary/aromatic N) is 5. The van der Waals surface area contributed by atoms with Gasteiger partial charge in [0, 0.05) is 23.9 Å². The number of rotatable bonds is 17. The quantitative estimate of drug-likeness (QED) is 0.0484. The number of benzene rings is 4. The maximum Gasteiger partial charge on any atom is 0.330 e. The predicted octanol–water partition coefficient (Wildman–Crippen LogP) is 6.68. The first kappa shape index (κ1) is 41.9. The molecule has 4 aromatic rings. The van der Waals surface area contributed by atoms with Crippen LogP contribution in [-0.4, -0.2) is 68.2 Å². The monoisotopic (exact) mass is 783 g/mol. The minimum Gasteiger partial charge on any atom is -0.461 e. The molecule has 0 saturated carbocycles. The molecule has 0 spiro atoms. The summed E-state index contributed by atoms with van der Waals surface area (Å²) >= 11 is 0. The summed E-state index contributed by atoms with van der Waals surface area (Å²) < 4.78 is 16.2. The lowest BCUT2D eigenvalue weighted by Gasteiger charge is -2.24. The van der Waals surface area contributed by atoms with E-state index in [0.29, 0.717) is 11.3 Å². The van der Waals surface area contributed by atoms with Crippen LogP contribution >= 0.6 is 0 Å². The Morgan fingerprint density at radius 3 is 1.42 bits per heavy atom. The molecule has 5 rings (SSSR count). The van der Waals surface area contributed by atoms with Gasteiger partial charge in [0.05, 0.1) is 36.5 Å². The topological polar surface area (TPSA) is 174 Å². The van der Waals surface area contributed by atoms with E-state index in [9.17, 15) is 35.0 Å². The Balaban J connectivity index is 1.31. The Morgan fingerprint density at radius 1 is 0.593 bits per heavy atom. The lowest BCUT2D eigenvalue weighted by Crippen LogP contribution is -2.32. The van der Waals surface area contributed by atoms with Crippen LogP contribution in [0.25, 0.3) is 23.8 Å². The summed E-state index contributed by atoms with van der Waals surface area (Å²) in [4.78, 5) is 54.2. The van der Waals surface area contributed by atoms with E-state index in [-0.39, 0.29) is 56.3 Å². The van der Waals surface area contributed by atoms with Crippen LogP contribution in [0.1, 0.15) is 22.3 Å². The van der Waals surface area contributed by atoms with Crippen molar-refractivity contribution in [1.82, 2.24) is 4.90 Å². The van der Waals surface area contributed by atoms with E-state index in [0.717, 1.165) is 21.6 Å². The number of esters is 3. The number of ether oxygens (including phenoxy) is 3. The van der Waals surface area contributed by atoms with Crippen LogP contribution in [-0.2, 0) is 33.4 Å². The van der Waals surface area contributed by atoms with Crippen molar-refractivity contribution in [3.63, 3.8) is 0 Å². The highest BCUT2D eigenvalue weighted by Crippen LogP contribution is 2.37. The molecule has 0 aromatic heterocycles. The number of amides is 1. The van der Waals surface area contributed by atoms with E-state index < -0.39 is 29.4 Å². The van der Waals surface area contributed by atoms with Gasteiger partial charge in [0.1, 0.15) is 38.0 Å². The van der Waals surface area contributed by atoms with E-state index in [4.69, 9.17) is 14.2 Å². The van der Waals surface area contributed by atoms with Crippen molar-refractivity contribution < 1.29 is 33.4 Å². The van der Waals surface area contributed by atoms with Crippen LogP contribution in [0, 0.1) is 34.0 Å². The molecular weight excluding hydrogens is 747 g/mol. The van der Waals surface area contributed by atoms with Crippen LogP contribution in [0.5, 0.6) is 0 Å².